The molecule has 0 saturated heterocycles. The van der Waals surface area contributed by atoms with Gasteiger partial charge in [-0.3, -0.25) is 9.36 Å². The number of carbonyl (C=O) groups excluding carboxylic acids is 1. The van der Waals surface area contributed by atoms with E-state index in [-0.39, 0.29) is 12.2 Å². The van der Waals surface area contributed by atoms with Gasteiger partial charge in [-0.2, -0.15) is 0 Å². The first kappa shape index (κ1) is 25.3. The van der Waals surface area contributed by atoms with E-state index in [2.05, 4.69) is 43.1 Å². The smallest absolute Gasteiger partial charge is 0.338 e. The highest BCUT2D eigenvalue weighted by Crippen LogP contribution is 2.35. The molecule has 5 aromatic rings. The normalized spacial score (nSPS) is 15.5. The number of thiazole rings is 1. The highest BCUT2D eigenvalue weighted by molar-refractivity contribution is 7.10. The number of nitrogens with one attached hydrogen (secondary N) is 1. The number of benzene rings is 2. The summed E-state index contributed by atoms with van der Waals surface area (Å²) in [5, 5.41) is 3.02. The highest BCUT2D eigenvalue weighted by Gasteiger charge is 2.34. The van der Waals surface area contributed by atoms with E-state index in [1.165, 1.54) is 22.7 Å². The number of aromatic amines is 1. The maximum absolute atomic E-state index is 14.1. The second-order valence-electron chi connectivity index (χ2n) is 9.60. The molecule has 6 rings (SSSR count). The van der Waals surface area contributed by atoms with Crippen LogP contribution < -0.4 is 14.9 Å². The van der Waals surface area contributed by atoms with Gasteiger partial charge in [0.05, 0.1) is 28.1 Å². The molecule has 3 aromatic heterocycles. The number of H-pyrrole nitrogens is 1. The van der Waals surface area contributed by atoms with Crippen LogP contribution in [0, 0.1) is 13.8 Å². The van der Waals surface area contributed by atoms with Crippen LogP contribution in [0.1, 0.15) is 41.5 Å². The molecule has 6 nitrogen and oxygen atoms in total. The van der Waals surface area contributed by atoms with E-state index in [0.717, 1.165) is 43.7 Å². The van der Waals surface area contributed by atoms with Crippen molar-refractivity contribution in [3.63, 3.8) is 0 Å². The standard InChI is InChI=1S/C31H27N3O3S2/c1-5-37-30(36)25-19(4)32-31-34(28(25)23-12-9-13-38-23)29(35)24(39-31)16-22-21-15-17(2)14-18(3)26(21)33-27(22)20-10-7-6-8-11-20/h6-16,28,33H,5H2,1-4H3/b24-16+/t28-/m0/s1. The van der Waals surface area contributed by atoms with Gasteiger partial charge in [0.25, 0.3) is 5.56 Å². The van der Waals surface area contributed by atoms with Crippen LogP contribution in [0.4, 0.5) is 0 Å². The van der Waals surface area contributed by atoms with Gasteiger partial charge in [-0.25, -0.2) is 9.79 Å². The van der Waals surface area contributed by atoms with E-state index in [1.807, 2.05) is 48.7 Å². The van der Waals surface area contributed by atoms with Crippen molar-refractivity contribution in [2.75, 3.05) is 6.61 Å². The molecule has 1 atom stereocenters. The van der Waals surface area contributed by atoms with Crippen LogP contribution in [0.3, 0.4) is 0 Å². The lowest BCUT2D eigenvalue weighted by Crippen LogP contribution is -2.39. The molecule has 1 aliphatic heterocycles. The van der Waals surface area contributed by atoms with Crippen molar-refractivity contribution in [3.8, 4) is 11.3 Å². The quantitative estimate of drug-likeness (QED) is 0.287. The van der Waals surface area contributed by atoms with Gasteiger partial charge in [-0.1, -0.05) is 59.4 Å². The van der Waals surface area contributed by atoms with Crippen molar-refractivity contribution >= 4 is 45.6 Å². The third-order valence-electron chi connectivity index (χ3n) is 6.96. The van der Waals surface area contributed by atoms with Crippen molar-refractivity contribution in [2.45, 2.75) is 33.7 Å². The van der Waals surface area contributed by atoms with Crippen molar-refractivity contribution in [1.82, 2.24) is 9.55 Å². The van der Waals surface area contributed by atoms with Crippen molar-refractivity contribution < 1.29 is 9.53 Å². The first-order valence-corrected chi connectivity index (χ1v) is 14.5. The van der Waals surface area contributed by atoms with Crippen LogP contribution in [0.2, 0.25) is 0 Å². The average molecular weight is 554 g/mol. The number of fused-ring (bicyclic) bond motifs is 2. The lowest BCUT2D eigenvalue weighted by Gasteiger charge is -2.23. The van der Waals surface area contributed by atoms with E-state index in [9.17, 15) is 9.59 Å². The Labute approximate surface area is 233 Å². The number of ether oxygens (including phenoxy) is 1. The highest BCUT2D eigenvalue weighted by atomic mass is 32.1. The predicted octanol–water partition coefficient (Wildman–Crippen LogP) is 5.62. The monoisotopic (exact) mass is 553 g/mol. The topological polar surface area (TPSA) is 76.4 Å². The maximum Gasteiger partial charge on any atom is 0.338 e. The lowest BCUT2D eigenvalue weighted by molar-refractivity contribution is -0.139. The molecule has 0 radical (unpaired) electrons. The first-order valence-electron chi connectivity index (χ1n) is 12.8. The Balaban J connectivity index is 1.63. The van der Waals surface area contributed by atoms with Gasteiger partial charge in [0.1, 0.15) is 6.04 Å². The van der Waals surface area contributed by atoms with E-state index < -0.39 is 12.0 Å². The Bertz CT molecular complexity index is 1940. The van der Waals surface area contributed by atoms with Crippen molar-refractivity contribution in [3.05, 3.63) is 113 Å². The molecular formula is C31H27N3O3S2. The Morgan fingerprint density at radius 3 is 2.64 bits per heavy atom. The molecule has 4 heterocycles. The van der Waals surface area contributed by atoms with Gasteiger partial charge >= 0.3 is 5.97 Å². The van der Waals surface area contributed by atoms with Crippen LogP contribution in [0.5, 0.6) is 0 Å². The van der Waals surface area contributed by atoms with E-state index in [4.69, 9.17) is 9.73 Å². The summed E-state index contributed by atoms with van der Waals surface area (Å²) in [5.41, 5.74) is 7.12. The summed E-state index contributed by atoms with van der Waals surface area (Å²) in [6.45, 7) is 8.01. The number of allylic oxidation sites excluding steroid dienone is 1. The van der Waals surface area contributed by atoms with Gasteiger partial charge in [0, 0.05) is 21.3 Å². The summed E-state index contributed by atoms with van der Waals surface area (Å²) in [6.07, 6.45) is 1.97. The number of thiophene rings is 1. The SMILES string of the molecule is CCOC(=O)C1=C(C)N=c2s/c(=C/c3c(-c4ccccc4)[nH]c4c(C)cc(C)cc34)c(=O)n2[C@H]1c1cccs1. The fourth-order valence-electron chi connectivity index (χ4n) is 5.29. The number of esters is 1. The second-order valence-corrected chi connectivity index (χ2v) is 11.6. The minimum atomic E-state index is -0.580. The summed E-state index contributed by atoms with van der Waals surface area (Å²) in [6, 6.07) is 17.8. The van der Waals surface area contributed by atoms with Gasteiger partial charge < -0.3 is 9.72 Å². The fourth-order valence-corrected chi connectivity index (χ4v) is 7.15. The van der Waals surface area contributed by atoms with Crippen molar-refractivity contribution in [2.24, 2.45) is 4.99 Å². The van der Waals surface area contributed by atoms with Gasteiger partial charge in [-0.15, -0.1) is 11.3 Å². The number of hydrogen-bond donors (Lipinski definition) is 1. The minimum absolute atomic E-state index is 0.177. The lowest BCUT2D eigenvalue weighted by atomic mass is 10.0. The average Bonchev–Trinajstić information content (AvgIpc) is 3.63. The molecule has 39 heavy (non-hydrogen) atoms. The fraction of sp³-hybridized carbons (Fsp3) is 0.194. The third kappa shape index (κ3) is 4.30. The maximum atomic E-state index is 14.1. The Hall–Kier alpha value is -4.01. The van der Waals surface area contributed by atoms with Crippen LogP contribution in [-0.2, 0) is 9.53 Å². The van der Waals surface area contributed by atoms with Crippen LogP contribution in [0.25, 0.3) is 28.2 Å². The zero-order valence-corrected chi connectivity index (χ0v) is 23.7. The summed E-state index contributed by atoms with van der Waals surface area (Å²) < 4.78 is 7.59. The molecular weight excluding hydrogens is 526 g/mol. The number of hydrogen-bond acceptors (Lipinski definition) is 6. The number of aryl methyl sites for hydroxylation is 2. The molecule has 0 fully saturated rings. The van der Waals surface area contributed by atoms with E-state index in [1.54, 1.807) is 11.5 Å². The van der Waals surface area contributed by atoms with E-state index in [0.29, 0.717) is 20.6 Å². The Morgan fingerprint density at radius 2 is 1.92 bits per heavy atom. The number of aromatic nitrogens is 2. The third-order valence-corrected chi connectivity index (χ3v) is 8.86. The Morgan fingerprint density at radius 1 is 1.13 bits per heavy atom. The molecule has 0 saturated carbocycles. The first-order chi connectivity index (χ1) is 18.9. The van der Waals surface area contributed by atoms with Gasteiger partial charge in [-0.05, 0) is 62.4 Å². The van der Waals surface area contributed by atoms with Gasteiger partial charge in [0.2, 0.25) is 0 Å². The number of nitrogens with zero attached hydrogens (tertiary/aromatic N) is 2. The molecule has 0 amide bonds. The minimum Gasteiger partial charge on any atom is -0.463 e. The second kappa shape index (κ2) is 9.94. The summed E-state index contributed by atoms with van der Waals surface area (Å²) in [7, 11) is 0. The zero-order chi connectivity index (χ0) is 27.3. The Kier molecular flexibility index (Phi) is 6.45. The molecule has 8 heteroatoms. The largest absolute Gasteiger partial charge is 0.463 e. The van der Waals surface area contributed by atoms with Crippen LogP contribution >= 0.6 is 22.7 Å². The van der Waals surface area contributed by atoms with Crippen LogP contribution in [-0.4, -0.2) is 22.1 Å². The molecule has 1 N–H and O–H groups in total. The van der Waals surface area contributed by atoms with Gasteiger partial charge in [0.15, 0.2) is 4.80 Å². The number of carbonyl (C=O) groups is 1. The molecule has 0 aliphatic carbocycles. The molecule has 2 aromatic carbocycles. The molecule has 1 aliphatic rings. The zero-order valence-electron chi connectivity index (χ0n) is 22.1. The summed E-state index contributed by atoms with van der Waals surface area (Å²) >= 11 is 2.85. The molecule has 0 spiro atoms. The van der Waals surface area contributed by atoms with Crippen LogP contribution in [0.15, 0.2) is 81.0 Å². The molecule has 0 unspecified atom stereocenters. The molecule has 196 valence electrons. The molecule has 0 bridgehead atoms. The predicted molar refractivity (Wildman–Crippen MR) is 158 cm³/mol. The van der Waals surface area contributed by atoms with Crippen molar-refractivity contribution in [1.29, 1.82) is 0 Å². The van der Waals surface area contributed by atoms with E-state index >= 15 is 0 Å². The summed E-state index contributed by atoms with van der Waals surface area (Å²) in [5.74, 6) is -0.444. The number of rotatable bonds is 5. The summed E-state index contributed by atoms with van der Waals surface area (Å²) in [4.78, 5) is 36.9.